The van der Waals surface area contributed by atoms with Crippen molar-refractivity contribution in [2.45, 2.75) is 45.3 Å². The van der Waals surface area contributed by atoms with Crippen molar-refractivity contribution in [2.24, 2.45) is 0 Å². The first-order valence-electron chi connectivity index (χ1n) is 12.1. The zero-order chi connectivity index (χ0) is 23.0. The minimum atomic E-state index is -0.429. The van der Waals surface area contributed by atoms with Gasteiger partial charge in [-0.15, -0.1) is 0 Å². The molecule has 174 valence electrons. The summed E-state index contributed by atoms with van der Waals surface area (Å²) < 4.78 is 7.56. The number of ether oxygens (including phenoxy) is 1. The summed E-state index contributed by atoms with van der Waals surface area (Å²) in [4.78, 5) is 15.1. The van der Waals surface area contributed by atoms with Gasteiger partial charge in [0.15, 0.2) is 5.78 Å². The predicted octanol–water partition coefficient (Wildman–Crippen LogP) is 5.17. The average molecular weight is 447 g/mol. The van der Waals surface area contributed by atoms with Crippen molar-refractivity contribution in [3.05, 3.63) is 71.9 Å². The smallest absolute Gasteiger partial charge is 0.185 e. The molecule has 2 heterocycles. The van der Waals surface area contributed by atoms with E-state index in [1.54, 1.807) is 18.2 Å². The Bertz CT molecular complexity index is 1080. The van der Waals surface area contributed by atoms with Crippen LogP contribution in [0, 0.1) is 0 Å². The number of rotatable bonds is 9. The molecule has 1 atom stereocenters. The second-order valence-electron chi connectivity index (χ2n) is 8.78. The highest BCUT2D eigenvalue weighted by atomic mass is 16.5. The molecule has 0 radical (unpaired) electrons. The number of nitrogens with zero attached hydrogens (tertiary/aromatic N) is 2. The molecule has 1 saturated heterocycles. The largest absolute Gasteiger partial charge is 0.494 e. The fourth-order valence-electron chi connectivity index (χ4n) is 4.60. The molecule has 1 unspecified atom stereocenters. The molecule has 0 saturated carbocycles. The SMILES string of the molecule is CCOc1ccc(C(=O)/C=C/c2cn(CC(O)CN3CCCCCC3)c3ccccc23)cc1. The Labute approximate surface area is 196 Å². The van der Waals surface area contributed by atoms with Crippen molar-refractivity contribution < 1.29 is 14.6 Å². The monoisotopic (exact) mass is 446 g/mol. The Morgan fingerprint density at radius 1 is 1.03 bits per heavy atom. The molecule has 33 heavy (non-hydrogen) atoms. The number of ketones is 1. The Morgan fingerprint density at radius 3 is 2.48 bits per heavy atom. The van der Waals surface area contributed by atoms with Gasteiger partial charge in [0.25, 0.3) is 0 Å². The number of aromatic nitrogens is 1. The fraction of sp³-hybridized carbons (Fsp3) is 0.393. The summed E-state index contributed by atoms with van der Waals surface area (Å²) in [7, 11) is 0. The van der Waals surface area contributed by atoms with Crippen LogP contribution >= 0.6 is 0 Å². The summed E-state index contributed by atoms with van der Waals surface area (Å²) in [6, 6.07) is 15.4. The number of hydrogen-bond acceptors (Lipinski definition) is 4. The Morgan fingerprint density at radius 2 is 1.76 bits per heavy atom. The minimum Gasteiger partial charge on any atom is -0.494 e. The summed E-state index contributed by atoms with van der Waals surface area (Å²) in [5.74, 6) is 0.718. The zero-order valence-corrected chi connectivity index (χ0v) is 19.5. The van der Waals surface area contributed by atoms with Crippen LogP contribution in [0.5, 0.6) is 5.75 Å². The van der Waals surface area contributed by atoms with Crippen LogP contribution in [0.2, 0.25) is 0 Å². The van der Waals surface area contributed by atoms with Gasteiger partial charge in [0.1, 0.15) is 5.75 Å². The molecular weight excluding hydrogens is 412 g/mol. The van der Waals surface area contributed by atoms with E-state index >= 15 is 0 Å². The molecule has 1 N–H and O–H groups in total. The van der Waals surface area contributed by atoms with E-state index in [0.29, 0.717) is 25.3 Å². The summed E-state index contributed by atoms with van der Waals surface area (Å²) in [6.45, 7) is 5.93. The second-order valence-corrected chi connectivity index (χ2v) is 8.78. The molecular formula is C28H34N2O3. The summed E-state index contributed by atoms with van der Waals surface area (Å²) >= 11 is 0. The number of allylic oxidation sites excluding steroid dienone is 1. The van der Waals surface area contributed by atoms with E-state index in [1.165, 1.54) is 25.7 Å². The van der Waals surface area contributed by atoms with Gasteiger partial charge in [0.05, 0.1) is 12.7 Å². The summed E-state index contributed by atoms with van der Waals surface area (Å²) in [6.07, 6.45) is 10.1. The molecule has 0 bridgehead atoms. The van der Waals surface area contributed by atoms with E-state index in [9.17, 15) is 9.90 Å². The third-order valence-corrected chi connectivity index (χ3v) is 6.26. The standard InChI is InChI=1S/C28H34N2O3/c1-2-33-25-14-11-22(12-15-25)28(32)16-13-23-19-30(27-10-6-5-9-26(23)27)21-24(31)20-29-17-7-3-4-8-18-29/h5-6,9-16,19,24,31H,2-4,7-8,17-18,20-21H2,1H3/b16-13+. The van der Waals surface area contributed by atoms with Crippen molar-refractivity contribution in [1.29, 1.82) is 0 Å². The van der Waals surface area contributed by atoms with Gasteiger partial charge in [0, 0.05) is 41.3 Å². The normalized spacial score (nSPS) is 16.2. The molecule has 4 rings (SSSR count). The van der Waals surface area contributed by atoms with Crippen LogP contribution < -0.4 is 4.74 Å². The lowest BCUT2D eigenvalue weighted by Crippen LogP contribution is -2.35. The number of carbonyl (C=O) groups is 1. The van der Waals surface area contributed by atoms with Crippen LogP contribution in [-0.2, 0) is 6.54 Å². The number of aliphatic hydroxyl groups is 1. The Hall–Kier alpha value is -2.89. The van der Waals surface area contributed by atoms with Gasteiger partial charge in [0.2, 0.25) is 0 Å². The molecule has 0 amide bonds. The fourth-order valence-corrected chi connectivity index (χ4v) is 4.60. The quantitative estimate of drug-likeness (QED) is 0.364. The molecule has 5 nitrogen and oxygen atoms in total. The maximum absolute atomic E-state index is 12.7. The highest BCUT2D eigenvalue weighted by Crippen LogP contribution is 2.24. The molecule has 1 aliphatic rings. The molecule has 1 aromatic heterocycles. The van der Waals surface area contributed by atoms with Gasteiger partial charge in [-0.05, 0) is 75.3 Å². The molecule has 0 spiro atoms. The lowest BCUT2D eigenvalue weighted by Gasteiger charge is -2.23. The van der Waals surface area contributed by atoms with Crippen LogP contribution in [0.4, 0.5) is 0 Å². The lowest BCUT2D eigenvalue weighted by molar-refractivity contribution is 0.101. The topological polar surface area (TPSA) is 54.7 Å². The lowest BCUT2D eigenvalue weighted by atomic mass is 10.1. The number of benzene rings is 2. The van der Waals surface area contributed by atoms with Crippen LogP contribution in [0.15, 0.2) is 60.8 Å². The summed E-state index contributed by atoms with van der Waals surface area (Å²) in [5.41, 5.74) is 2.68. The van der Waals surface area contributed by atoms with Crippen molar-refractivity contribution >= 4 is 22.8 Å². The van der Waals surface area contributed by atoms with Crippen molar-refractivity contribution in [3.8, 4) is 5.75 Å². The van der Waals surface area contributed by atoms with Gasteiger partial charge in [-0.1, -0.05) is 31.0 Å². The van der Waals surface area contributed by atoms with Crippen LogP contribution in [-0.4, -0.2) is 52.7 Å². The van der Waals surface area contributed by atoms with Crippen LogP contribution in [0.3, 0.4) is 0 Å². The van der Waals surface area contributed by atoms with Crippen molar-refractivity contribution in [3.63, 3.8) is 0 Å². The first-order chi connectivity index (χ1) is 16.1. The highest BCUT2D eigenvalue weighted by Gasteiger charge is 2.16. The number of para-hydroxylation sites is 1. The number of carbonyl (C=O) groups excluding carboxylic acids is 1. The average Bonchev–Trinajstić information content (AvgIpc) is 2.97. The van der Waals surface area contributed by atoms with Crippen molar-refractivity contribution in [1.82, 2.24) is 9.47 Å². The Kier molecular flexibility index (Phi) is 7.97. The molecule has 2 aromatic carbocycles. The highest BCUT2D eigenvalue weighted by molar-refractivity contribution is 6.07. The van der Waals surface area contributed by atoms with Gasteiger partial charge in [-0.25, -0.2) is 0 Å². The molecule has 1 fully saturated rings. The first kappa shape index (κ1) is 23.3. The van der Waals surface area contributed by atoms with Crippen LogP contribution in [0.25, 0.3) is 17.0 Å². The van der Waals surface area contributed by atoms with Crippen molar-refractivity contribution in [2.75, 3.05) is 26.2 Å². The first-order valence-corrected chi connectivity index (χ1v) is 12.1. The van der Waals surface area contributed by atoms with E-state index in [4.69, 9.17) is 4.74 Å². The third kappa shape index (κ3) is 6.12. The number of hydrogen-bond donors (Lipinski definition) is 1. The van der Waals surface area contributed by atoms with E-state index in [2.05, 4.69) is 21.6 Å². The van der Waals surface area contributed by atoms with E-state index < -0.39 is 6.10 Å². The van der Waals surface area contributed by atoms with E-state index in [1.807, 2.05) is 43.5 Å². The molecule has 0 aliphatic carbocycles. The van der Waals surface area contributed by atoms with Gasteiger partial charge in [-0.2, -0.15) is 0 Å². The minimum absolute atomic E-state index is 0.0453. The van der Waals surface area contributed by atoms with Crippen LogP contribution in [0.1, 0.15) is 48.5 Å². The number of aliphatic hydroxyl groups excluding tert-OH is 1. The second kappa shape index (κ2) is 11.3. The maximum atomic E-state index is 12.7. The summed E-state index contributed by atoms with van der Waals surface area (Å²) in [5, 5.41) is 11.9. The van der Waals surface area contributed by atoms with Gasteiger partial charge >= 0.3 is 0 Å². The van der Waals surface area contributed by atoms with E-state index in [-0.39, 0.29) is 5.78 Å². The number of β-amino-alcohol motifs (C(OH)–C–C–N with tert-alkyl or cyclic N) is 1. The molecule has 1 aliphatic heterocycles. The maximum Gasteiger partial charge on any atom is 0.185 e. The molecule has 3 aromatic rings. The molecule has 5 heteroatoms. The number of likely N-dealkylation sites (tertiary alicyclic amines) is 1. The Balaban J connectivity index is 1.47. The zero-order valence-electron chi connectivity index (χ0n) is 19.5. The van der Waals surface area contributed by atoms with Gasteiger partial charge in [-0.3, -0.25) is 4.79 Å². The van der Waals surface area contributed by atoms with Gasteiger partial charge < -0.3 is 19.3 Å². The third-order valence-electron chi connectivity index (χ3n) is 6.26. The predicted molar refractivity (Wildman–Crippen MR) is 134 cm³/mol. The number of fused-ring (bicyclic) bond motifs is 1. The van der Waals surface area contributed by atoms with E-state index in [0.717, 1.165) is 35.3 Å².